The number of thioether (sulfide) groups is 1. The van der Waals surface area contributed by atoms with Crippen LogP contribution in [-0.4, -0.2) is 23.7 Å². The van der Waals surface area contributed by atoms with Crippen LogP contribution in [0.2, 0.25) is 0 Å². The first-order chi connectivity index (χ1) is 8.65. The highest BCUT2D eigenvalue weighted by atomic mass is 32.2. The number of nitrogens with one attached hydrogen (secondary N) is 1. The van der Waals surface area contributed by atoms with Gasteiger partial charge >= 0.3 is 0 Å². The second-order valence-corrected chi connectivity index (χ2v) is 6.40. The van der Waals surface area contributed by atoms with Gasteiger partial charge in [-0.05, 0) is 68.9 Å². The second kappa shape index (κ2) is 6.37. The van der Waals surface area contributed by atoms with E-state index < -0.39 is 0 Å². The molecule has 0 radical (unpaired) electrons. The summed E-state index contributed by atoms with van der Waals surface area (Å²) in [7, 11) is 0. The first-order valence-corrected chi connectivity index (χ1v) is 7.92. The van der Waals surface area contributed by atoms with Gasteiger partial charge in [0, 0.05) is 11.7 Å². The fourth-order valence-electron chi connectivity index (χ4n) is 2.21. The molecule has 0 saturated carbocycles. The zero-order chi connectivity index (χ0) is 13.0. The summed E-state index contributed by atoms with van der Waals surface area (Å²) in [5.41, 5.74) is 2.52. The zero-order valence-corrected chi connectivity index (χ0v) is 12.3. The van der Waals surface area contributed by atoms with Gasteiger partial charge in [0.15, 0.2) is 0 Å². The molecule has 1 N–H and O–H groups in total. The van der Waals surface area contributed by atoms with E-state index in [0.29, 0.717) is 6.04 Å². The molecule has 1 heterocycles. The highest BCUT2D eigenvalue weighted by Gasteiger charge is 2.14. The van der Waals surface area contributed by atoms with Crippen molar-refractivity contribution in [1.82, 2.24) is 0 Å². The van der Waals surface area contributed by atoms with Gasteiger partial charge in [0.1, 0.15) is 5.75 Å². The normalized spacial score (nSPS) is 16.9. The van der Waals surface area contributed by atoms with Gasteiger partial charge in [-0.2, -0.15) is 11.8 Å². The number of hydrogen-bond donors (Lipinski definition) is 1. The molecule has 1 aliphatic rings. The van der Waals surface area contributed by atoms with Crippen LogP contribution in [0.4, 0.5) is 5.69 Å². The van der Waals surface area contributed by atoms with E-state index in [4.69, 9.17) is 4.74 Å². The Bertz CT molecular complexity index is 386. The fraction of sp³-hybridized carbons (Fsp3) is 0.600. The average Bonchev–Trinajstić information content (AvgIpc) is 2.33. The van der Waals surface area contributed by atoms with Gasteiger partial charge in [-0.1, -0.05) is 0 Å². The Hall–Kier alpha value is -0.830. The molecule has 100 valence electrons. The summed E-state index contributed by atoms with van der Waals surface area (Å²) in [6, 6.07) is 6.98. The first kappa shape index (κ1) is 13.6. The molecule has 0 spiro atoms. The van der Waals surface area contributed by atoms with Gasteiger partial charge in [-0.15, -0.1) is 0 Å². The van der Waals surface area contributed by atoms with Crippen molar-refractivity contribution < 1.29 is 4.74 Å². The number of benzene rings is 1. The first-order valence-electron chi connectivity index (χ1n) is 6.77. The van der Waals surface area contributed by atoms with Crippen LogP contribution >= 0.6 is 11.8 Å². The van der Waals surface area contributed by atoms with Crippen molar-refractivity contribution >= 4 is 17.4 Å². The molecular formula is C15H23NOS. The fourth-order valence-corrected chi connectivity index (χ4v) is 3.31. The molecule has 0 bridgehead atoms. The smallest absolute Gasteiger partial charge is 0.120 e. The van der Waals surface area contributed by atoms with E-state index in [1.807, 2.05) is 0 Å². The average molecular weight is 265 g/mol. The molecule has 3 heteroatoms. The third kappa shape index (κ3) is 3.84. The lowest BCUT2D eigenvalue weighted by molar-refractivity contribution is 0.242. The van der Waals surface area contributed by atoms with E-state index in [0.717, 1.165) is 5.75 Å². The predicted octanol–water partition coefficient (Wildman–Crippen LogP) is 4.09. The Balaban J connectivity index is 2.00. The quantitative estimate of drug-likeness (QED) is 0.886. The molecule has 2 rings (SSSR count). The Labute approximate surface area is 114 Å². The lowest BCUT2D eigenvalue weighted by Gasteiger charge is -2.24. The molecule has 0 atom stereocenters. The van der Waals surface area contributed by atoms with Crippen LogP contribution in [0.15, 0.2) is 18.2 Å². The number of anilines is 1. The number of aryl methyl sites for hydroxylation is 1. The summed E-state index contributed by atoms with van der Waals surface area (Å²) in [4.78, 5) is 0. The summed E-state index contributed by atoms with van der Waals surface area (Å²) < 4.78 is 5.71. The summed E-state index contributed by atoms with van der Waals surface area (Å²) in [6.07, 6.45) is 2.78. The van der Waals surface area contributed by atoms with Crippen LogP contribution < -0.4 is 10.1 Å². The van der Waals surface area contributed by atoms with Gasteiger partial charge in [0.2, 0.25) is 0 Å². The predicted molar refractivity (Wildman–Crippen MR) is 80.9 cm³/mol. The van der Waals surface area contributed by atoms with Crippen molar-refractivity contribution in [3.8, 4) is 5.75 Å². The topological polar surface area (TPSA) is 21.3 Å². The second-order valence-electron chi connectivity index (χ2n) is 5.17. The number of rotatable bonds is 4. The van der Waals surface area contributed by atoms with Crippen molar-refractivity contribution in [3.05, 3.63) is 23.8 Å². The maximum absolute atomic E-state index is 5.71. The zero-order valence-electron chi connectivity index (χ0n) is 11.5. The van der Waals surface area contributed by atoms with Crippen molar-refractivity contribution in [1.29, 1.82) is 0 Å². The molecular weight excluding hydrogens is 242 g/mol. The molecule has 0 amide bonds. The molecule has 0 unspecified atom stereocenters. The monoisotopic (exact) mass is 265 g/mol. The minimum atomic E-state index is 0.235. The third-order valence-corrected chi connectivity index (χ3v) is 4.20. The molecule has 0 aliphatic carbocycles. The van der Waals surface area contributed by atoms with E-state index in [1.165, 1.54) is 35.6 Å². The van der Waals surface area contributed by atoms with Crippen molar-refractivity contribution in [2.45, 2.75) is 45.8 Å². The van der Waals surface area contributed by atoms with Gasteiger partial charge in [-0.25, -0.2) is 0 Å². The summed E-state index contributed by atoms with van der Waals surface area (Å²) >= 11 is 2.06. The molecule has 2 nitrogen and oxygen atoms in total. The van der Waals surface area contributed by atoms with Crippen LogP contribution in [0.3, 0.4) is 0 Å². The van der Waals surface area contributed by atoms with E-state index in [9.17, 15) is 0 Å². The van der Waals surface area contributed by atoms with Crippen molar-refractivity contribution in [3.63, 3.8) is 0 Å². The standard InChI is InChI=1S/C15H23NOS/c1-11(2)17-14-4-5-15(12(3)10-14)16-13-6-8-18-9-7-13/h4-5,10-11,13,16H,6-9H2,1-3H3. The molecule has 0 aromatic heterocycles. The van der Waals surface area contributed by atoms with E-state index >= 15 is 0 Å². The Morgan fingerprint density at radius 1 is 1.28 bits per heavy atom. The minimum Gasteiger partial charge on any atom is -0.491 e. The molecule has 1 aromatic carbocycles. The largest absolute Gasteiger partial charge is 0.491 e. The van der Waals surface area contributed by atoms with Gasteiger partial charge < -0.3 is 10.1 Å². The number of ether oxygens (including phenoxy) is 1. The summed E-state index contributed by atoms with van der Waals surface area (Å²) in [5.74, 6) is 3.53. The maximum Gasteiger partial charge on any atom is 0.120 e. The number of hydrogen-bond acceptors (Lipinski definition) is 3. The highest BCUT2D eigenvalue weighted by Crippen LogP contribution is 2.26. The molecule has 1 aliphatic heterocycles. The van der Waals surface area contributed by atoms with Crippen molar-refractivity contribution in [2.75, 3.05) is 16.8 Å². The van der Waals surface area contributed by atoms with E-state index in [1.54, 1.807) is 0 Å². The van der Waals surface area contributed by atoms with Gasteiger partial charge in [0.05, 0.1) is 6.10 Å². The SMILES string of the molecule is Cc1cc(OC(C)C)ccc1NC1CCSCC1. The van der Waals surface area contributed by atoms with Gasteiger partial charge in [-0.3, -0.25) is 0 Å². The van der Waals surface area contributed by atoms with Crippen LogP contribution in [0.1, 0.15) is 32.3 Å². The molecule has 1 saturated heterocycles. The molecule has 1 aromatic rings. The highest BCUT2D eigenvalue weighted by molar-refractivity contribution is 7.99. The third-order valence-electron chi connectivity index (χ3n) is 3.15. The Morgan fingerprint density at radius 3 is 2.61 bits per heavy atom. The van der Waals surface area contributed by atoms with Crippen LogP contribution in [0.5, 0.6) is 5.75 Å². The molecule has 18 heavy (non-hydrogen) atoms. The summed E-state index contributed by atoms with van der Waals surface area (Å²) in [6.45, 7) is 6.26. The lowest BCUT2D eigenvalue weighted by atomic mass is 10.1. The van der Waals surface area contributed by atoms with E-state index in [-0.39, 0.29) is 6.10 Å². The lowest BCUT2D eigenvalue weighted by Crippen LogP contribution is -2.24. The Morgan fingerprint density at radius 2 is 2.00 bits per heavy atom. The van der Waals surface area contributed by atoms with E-state index in [2.05, 4.69) is 56.0 Å². The molecule has 1 fully saturated rings. The Kier molecular flexibility index (Phi) is 4.81. The minimum absolute atomic E-state index is 0.235. The van der Waals surface area contributed by atoms with Crippen LogP contribution in [0, 0.1) is 6.92 Å². The van der Waals surface area contributed by atoms with Crippen LogP contribution in [-0.2, 0) is 0 Å². The summed E-state index contributed by atoms with van der Waals surface area (Å²) in [5, 5.41) is 3.66. The van der Waals surface area contributed by atoms with Crippen LogP contribution in [0.25, 0.3) is 0 Å². The van der Waals surface area contributed by atoms with Gasteiger partial charge in [0.25, 0.3) is 0 Å². The van der Waals surface area contributed by atoms with Crippen molar-refractivity contribution in [2.24, 2.45) is 0 Å². The maximum atomic E-state index is 5.71.